The molecule has 1 aromatic rings. The Morgan fingerprint density at radius 2 is 2.14 bits per heavy atom. The van der Waals surface area contributed by atoms with Crippen LogP contribution in [0.15, 0.2) is 18.2 Å². The standard InChI is InChI=1S/C18H30N2O/c1-13(2)17-7-6-10-20(17)12-16(19-4)15-11-14(3)8-9-18(15)21-5/h8-9,11,13,16-17,19H,6-7,10,12H2,1-5H3. The van der Waals surface area contributed by atoms with Crippen LogP contribution >= 0.6 is 0 Å². The molecule has 0 bridgehead atoms. The highest BCUT2D eigenvalue weighted by molar-refractivity contribution is 5.39. The van der Waals surface area contributed by atoms with E-state index in [2.05, 4.69) is 49.2 Å². The fourth-order valence-corrected chi connectivity index (χ4v) is 3.54. The van der Waals surface area contributed by atoms with Crippen molar-refractivity contribution in [3.05, 3.63) is 29.3 Å². The highest BCUT2D eigenvalue weighted by Gasteiger charge is 2.29. The van der Waals surface area contributed by atoms with Crippen LogP contribution in [0.3, 0.4) is 0 Å². The molecule has 1 aliphatic rings. The van der Waals surface area contributed by atoms with Gasteiger partial charge in [0.25, 0.3) is 0 Å². The van der Waals surface area contributed by atoms with Crippen LogP contribution in [-0.2, 0) is 0 Å². The summed E-state index contributed by atoms with van der Waals surface area (Å²) in [5, 5.41) is 3.48. The lowest BCUT2D eigenvalue weighted by atomic mass is 9.99. The molecule has 2 rings (SSSR count). The van der Waals surface area contributed by atoms with E-state index >= 15 is 0 Å². The van der Waals surface area contributed by atoms with Crippen LogP contribution in [0.25, 0.3) is 0 Å². The zero-order chi connectivity index (χ0) is 15.4. The third-order valence-corrected chi connectivity index (χ3v) is 4.71. The van der Waals surface area contributed by atoms with Gasteiger partial charge in [-0.15, -0.1) is 0 Å². The Morgan fingerprint density at radius 1 is 1.38 bits per heavy atom. The molecule has 1 aromatic carbocycles. The molecular weight excluding hydrogens is 260 g/mol. The second kappa shape index (κ2) is 7.28. The number of likely N-dealkylation sites (N-methyl/N-ethyl adjacent to an activating group) is 1. The van der Waals surface area contributed by atoms with Crippen molar-refractivity contribution in [3.8, 4) is 5.75 Å². The largest absolute Gasteiger partial charge is 0.496 e. The molecule has 1 N–H and O–H groups in total. The smallest absolute Gasteiger partial charge is 0.123 e. The molecule has 1 saturated heterocycles. The van der Waals surface area contributed by atoms with Crippen LogP contribution < -0.4 is 10.1 Å². The average molecular weight is 290 g/mol. The molecule has 3 nitrogen and oxygen atoms in total. The number of ether oxygens (including phenoxy) is 1. The first kappa shape index (κ1) is 16.3. The average Bonchev–Trinajstić information content (AvgIpc) is 2.93. The zero-order valence-electron chi connectivity index (χ0n) is 14.1. The first-order chi connectivity index (χ1) is 10.1. The van der Waals surface area contributed by atoms with E-state index in [-0.39, 0.29) is 0 Å². The van der Waals surface area contributed by atoms with Crippen molar-refractivity contribution in [2.45, 2.75) is 45.7 Å². The van der Waals surface area contributed by atoms with Gasteiger partial charge in [0.05, 0.1) is 7.11 Å². The minimum atomic E-state index is 0.319. The van der Waals surface area contributed by atoms with Gasteiger partial charge in [-0.25, -0.2) is 0 Å². The minimum Gasteiger partial charge on any atom is -0.496 e. The Labute approximate surface area is 129 Å². The van der Waals surface area contributed by atoms with E-state index in [1.54, 1.807) is 7.11 Å². The van der Waals surface area contributed by atoms with Crippen molar-refractivity contribution in [1.82, 2.24) is 10.2 Å². The molecule has 0 aromatic heterocycles. The fourth-order valence-electron chi connectivity index (χ4n) is 3.54. The number of aryl methyl sites for hydroxylation is 1. The molecule has 2 atom stereocenters. The molecular formula is C18H30N2O. The Kier molecular flexibility index (Phi) is 5.65. The lowest BCUT2D eigenvalue weighted by molar-refractivity contribution is 0.187. The predicted octanol–water partition coefficient (Wildman–Crippen LogP) is 3.38. The first-order valence-electron chi connectivity index (χ1n) is 8.12. The van der Waals surface area contributed by atoms with Gasteiger partial charge in [0, 0.05) is 24.2 Å². The van der Waals surface area contributed by atoms with Gasteiger partial charge < -0.3 is 10.1 Å². The van der Waals surface area contributed by atoms with Crippen molar-refractivity contribution in [1.29, 1.82) is 0 Å². The monoisotopic (exact) mass is 290 g/mol. The number of hydrogen-bond donors (Lipinski definition) is 1. The van der Waals surface area contributed by atoms with Gasteiger partial charge >= 0.3 is 0 Å². The normalized spacial score (nSPS) is 21.0. The number of hydrogen-bond acceptors (Lipinski definition) is 3. The van der Waals surface area contributed by atoms with Crippen LogP contribution in [0.5, 0.6) is 5.75 Å². The lowest BCUT2D eigenvalue weighted by Crippen LogP contribution is -2.39. The maximum atomic E-state index is 5.56. The maximum absolute atomic E-state index is 5.56. The van der Waals surface area contributed by atoms with Gasteiger partial charge in [-0.3, -0.25) is 4.90 Å². The summed E-state index contributed by atoms with van der Waals surface area (Å²) in [5.41, 5.74) is 2.56. The number of rotatable bonds is 6. The van der Waals surface area contributed by atoms with E-state index in [0.717, 1.165) is 24.3 Å². The van der Waals surface area contributed by atoms with E-state index in [9.17, 15) is 0 Å². The molecule has 0 radical (unpaired) electrons. The van der Waals surface area contributed by atoms with Crippen LogP contribution in [0.2, 0.25) is 0 Å². The number of benzene rings is 1. The molecule has 3 heteroatoms. The van der Waals surface area contributed by atoms with Gasteiger partial charge in [-0.05, 0) is 45.3 Å². The van der Waals surface area contributed by atoms with Gasteiger partial charge in [-0.2, -0.15) is 0 Å². The van der Waals surface area contributed by atoms with E-state index in [0.29, 0.717) is 6.04 Å². The van der Waals surface area contributed by atoms with E-state index < -0.39 is 0 Å². The zero-order valence-corrected chi connectivity index (χ0v) is 14.1. The topological polar surface area (TPSA) is 24.5 Å². The number of nitrogens with zero attached hydrogens (tertiary/aromatic N) is 1. The van der Waals surface area contributed by atoms with Gasteiger partial charge in [-0.1, -0.05) is 31.5 Å². The third-order valence-electron chi connectivity index (χ3n) is 4.71. The maximum Gasteiger partial charge on any atom is 0.123 e. The van der Waals surface area contributed by atoms with E-state index in [1.807, 2.05) is 7.05 Å². The summed E-state index contributed by atoms with van der Waals surface area (Å²) in [6.07, 6.45) is 2.66. The number of likely N-dealkylation sites (tertiary alicyclic amines) is 1. The van der Waals surface area contributed by atoms with Crippen molar-refractivity contribution in [3.63, 3.8) is 0 Å². The molecule has 0 saturated carbocycles. The second-order valence-corrected chi connectivity index (χ2v) is 6.54. The van der Waals surface area contributed by atoms with Crippen LogP contribution in [0, 0.1) is 12.8 Å². The van der Waals surface area contributed by atoms with Crippen molar-refractivity contribution < 1.29 is 4.74 Å². The molecule has 0 amide bonds. The van der Waals surface area contributed by atoms with Crippen molar-refractivity contribution in [2.24, 2.45) is 5.92 Å². The minimum absolute atomic E-state index is 0.319. The summed E-state index contributed by atoms with van der Waals surface area (Å²) < 4.78 is 5.56. The fraction of sp³-hybridized carbons (Fsp3) is 0.667. The summed E-state index contributed by atoms with van der Waals surface area (Å²) >= 11 is 0. The summed E-state index contributed by atoms with van der Waals surface area (Å²) in [6.45, 7) is 9.09. The third kappa shape index (κ3) is 3.78. The Balaban J connectivity index is 2.18. The number of nitrogens with one attached hydrogen (secondary N) is 1. The Bertz CT molecular complexity index is 459. The van der Waals surface area contributed by atoms with Crippen molar-refractivity contribution >= 4 is 0 Å². The van der Waals surface area contributed by atoms with Gasteiger partial charge in [0.1, 0.15) is 5.75 Å². The molecule has 2 unspecified atom stereocenters. The molecule has 0 spiro atoms. The van der Waals surface area contributed by atoms with Crippen LogP contribution in [0.1, 0.15) is 43.9 Å². The Morgan fingerprint density at radius 3 is 2.76 bits per heavy atom. The second-order valence-electron chi connectivity index (χ2n) is 6.54. The van der Waals surface area contributed by atoms with E-state index in [1.165, 1.54) is 30.5 Å². The summed E-state index contributed by atoms with van der Waals surface area (Å²) in [6, 6.07) is 7.48. The molecule has 1 fully saturated rings. The molecule has 118 valence electrons. The number of methoxy groups -OCH3 is 1. The van der Waals surface area contributed by atoms with Gasteiger partial charge in [0.2, 0.25) is 0 Å². The molecule has 1 aliphatic heterocycles. The summed E-state index contributed by atoms with van der Waals surface area (Å²) in [5.74, 6) is 1.71. The van der Waals surface area contributed by atoms with Crippen molar-refractivity contribution in [2.75, 3.05) is 27.2 Å². The van der Waals surface area contributed by atoms with Gasteiger partial charge in [0.15, 0.2) is 0 Å². The molecule has 1 heterocycles. The summed E-state index contributed by atoms with van der Waals surface area (Å²) in [7, 11) is 3.81. The van der Waals surface area contributed by atoms with E-state index in [4.69, 9.17) is 4.74 Å². The Hall–Kier alpha value is -1.06. The molecule has 0 aliphatic carbocycles. The highest BCUT2D eigenvalue weighted by atomic mass is 16.5. The SMILES string of the molecule is CNC(CN1CCCC1C(C)C)c1cc(C)ccc1OC. The predicted molar refractivity (Wildman–Crippen MR) is 89.0 cm³/mol. The van der Waals surface area contributed by atoms with Crippen LogP contribution in [-0.4, -0.2) is 38.2 Å². The first-order valence-corrected chi connectivity index (χ1v) is 8.12. The van der Waals surface area contributed by atoms with Crippen LogP contribution in [0.4, 0.5) is 0 Å². The quantitative estimate of drug-likeness (QED) is 0.869. The highest BCUT2D eigenvalue weighted by Crippen LogP contribution is 2.30. The summed E-state index contributed by atoms with van der Waals surface area (Å²) in [4.78, 5) is 2.65. The molecule has 21 heavy (non-hydrogen) atoms. The lowest BCUT2D eigenvalue weighted by Gasteiger charge is -2.31.